The fraction of sp³-hybridized carbons (Fsp3) is 0.591. The van der Waals surface area contributed by atoms with Crippen LogP contribution in [0.2, 0.25) is 18.1 Å². The van der Waals surface area contributed by atoms with E-state index in [1.807, 2.05) is 25.1 Å². The molecule has 0 spiro atoms. The van der Waals surface area contributed by atoms with Crippen LogP contribution in [0.5, 0.6) is 11.5 Å². The molecule has 1 aliphatic carbocycles. The second kappa shape index (κ2) is 8.12. The molecule has 2 rings (SSSR count). The van der Waals surface area contributed by atoms with Gasteiger partial charge in [-0.1, -0.05) is 33.3 Å². The monoisotopic (exact) mass is 452 g/mol. The molecule has 0 saturated carbocycles. The highest BCUT2D eigenvalue weighted by atomic mass is 79.9. The minimum Gasteiger partial charge on any atom is -0.543 e. The number of hydrogen-bond donors (Lipinski definition) is 0. The van der Waals surface area contributed by atoms with Gasteiger partial charge in [-0.05, 0) is 83.5 Å². The number of hydrogen-bond acceptors (Lipinski definition) is 3. The SMILES string of the molecule is COc1cc(C[C@@H]2C(=O)C=C(C)C[C@H]2C)c(O[Si](C)(C)C(C)(C)C)cc1Br. The smallest absolute Gasteiger partial charge is 0.250 e. The van der Waals surface area contributed by atoms with Crippen molar-refractivity contribution in [1.82, 2.24) is 0 Å². The molecule has 0 aromatic heterocycles. The van der Waals surface area contributed by atoms with E-state index in [1.165, 1.54) is 5.57 Å². The van der Waals surface area contributed by atoms with Gasteiger partial charge in [0.1, 0.15) is 11.5 Å². The van der Waals surface area contributed by atoms with E-state index in [4.69, 9.17) is 9.16 Å². The molecule has 0 N–H and O–H groups in total. The number of ether oxygens (including phenoxy) is 1. The van der Waals surface area contributed by atoms with Gasteiger partial charge in [-0.15, -0.1) is 0 Å². The quantitative estimate of drug-likeness (QED) is 0.474. The molecule has 0 bridgehead atoms. The maximum absolute atomic E-state index is 12.6. The van der Waals surface area contributed by atoms with Gasteiger partial charge in [0.15, 0.2) is 5.78 Å². The highest BCUT2D eigenvalue weighted by Gasteiger charge is 2.40. The van der Waals surface area contributed by atoms with Crippen molar-refractivity contribution in [1.29, 1.82) is 0 Å². The van der Waals surface area contributed by atoms with Crippen molar-refractivity contribution in [3.63, 3.8) is 0 Å². The molecule has 1 aliphatic rings. The van der Waals surface area contributed by atoms with Gasteiger partial charge in [-0.2, -0.15) is 0 Å². The minimum atomic E-state index is -2.00. The van der Waals surface area contributed by atoms with E-state index in [2.05, 4.69) is 56.7 Å². The van der Waals surface area contributed by atoms with E-state index < -0.39 is 8.32 Å². The molecule has 1 aromatic rings. The van der Waals surface area contributed by atoms with Crippen LogP contribution in [0.3, 0.4) is 0 Å². The van der Waals surface area contributed by atoms with Crippen LogP contribution in [0.4, 0.5) is 0 Å². The van der Waals surface area contributed by atoms with Crippen LogP contribution in [0.1, 0.15) is 46.6 Å². The molecule has 2 atom stereocenters. The Labute approximate surface area is 173 Å². The number of allylic oxidation sites excluding steroid dienone is 2. The zero-order valence-electron chi connectivity index (χ0n) is 17.9. The molecule has 0 fully saturated rings. The van der Waals surface area contributed by atoms with E-state index in [1.54, 1.807) is 7.11 Å². The van der Waals surface area contributed by atoms with Crippen molar-refractivity contribution in [2.24, 2.45) is 11.8 Å². The predicted octanol–water partition coefficient (Wildman–Crippen LogP) is 6.56. The summed E-state index contributed by atoms with van der Waals surface area (Å²) in [5.41, 5.74) is 2.23. The fourth-order valence-electron chi connectivity index (χ4n) is 3.29. The minimum absolute atomic E-state index is 0.0126. The summed E-state index contributed by atoms with van der Waals surface area (Å²) in [5, 5.41) is 0.102. The number of rotatable bonds is 5. The number of methoxy groups -OCH3 is 1. The molecular formula is C22H33BrO3Si. The number of halogens is 1. The second-order valence-electron chi connectivity index (χ2n) is 9.34. The summed E-state index contributed by atoms with van der Waals surface area (Å²) in [7, 11) is -0.331. The fourth-order valence-corrected chi connectivity index (χ4v) is 4.82. The normalized spacial score (nSPS) is 21.1. The van der Waals surface area contributed by atoms with Crippen molar-refractivity contribution < 1.29 is 14.0 Å². The highest BCUT2D eigenvalue weighted by molar-refractivity contribution is 9.10. The number of benzene rings is 1. The van der Waals surface area contributed by atoms with Gasteiger partial charge in [0, 0.05) is 5.92 Å². The summed E-state index contributed by atoms with van der Waals surface area (Å²) in [6, 6.07) is 4.03. The lowest BCUT2D eigenvalue weighted by molar-refractivity contribution is -0.120. The third-order valence-corrected chi connectivity index (χ3v) is 11.0. The lowest BCUT2D eigenvalue weighted by Crippen LogP contribution is -2.44. The van der Waals surface area contributed by atoms with E-state index >= 15 is 0 Å². The lowest BCUT2D eigenvalue weighted by Gasteiger charge is -2.37. The molecule has 150 valence electrons. The third kappa shape index (κ3) is 5.05. The summed E-state index contributed by atoms with van der Waals surface area (Å²) in [4.78, 5) is 12.6. The molecule has 0 unspecified atom stereocenters. The largest absolute Gasteiger partial charge is 0.543 e. The van der Waals surface area contributed by atoms with Crippen molar-refractivity contribution in [3.8, 4) is 11.5 Å². The van der Waals surface area contributed by atoms with Crippen LogP contribution in [-0.2, 0) is 11.2 Å². The molecule has 0 amide bonds. The lowest BCUT2D eigenvalue weighted by atomic mass is 9.77. The summed E-state index contributed by atoms with van der Waals surface area (Å²) in [6.07, 6.45) is 3.47. The molecule has 0 aliphatic heterocycles. The Balaban J connectivity index is 2.43. The Bertz CT molecular complexity index is 747. The summed E-state index contributed by atoms with van der Waals surface area (Å²) < 4.78 is 13.0. The zero-order chi connectivity index (χ0) is 20.6. The summed E-state index contributed by atoms with van der Waals surface area (Å²) in [6.45, 7) is 15.4. The summed E-state index contributed by atoms with van der Waals surface area (Å²) in [5.74, 6) is 2.20. The van der Waals surface area contributed by atoms with Crippen LogP contribution in [0, 0.1) is 11.8 Å². The van der Waals surface area contributed by atoms with Crippen LogP contribution >= 0.6 is 15.9 Å². The van der Waals surface area contributed by atoms with Crippen LogP contribution in [0.15, 0.2) is 28.3 Å². The Hall–Kier alpha value is -1.07. The first-order valence-corrected chi connectivity index (χ1v) is 13.3. The third-order valence-electron chi connectivity index (χ3n) is 6.03. The first kappa shape index (κ1) is 22.2. The molecule has 5 heteroatoms. The van der Waals surface area contributed by atoms with Gasteiger partial charge in [0.25, 0.3) is 0 Å². The van der Waals surface area contributed by atoms with Crippen molar-refractivity contribution >= 4 is 30.0 Å². The average molecular weight is 453 g/mol. The van der Waals surface area contributed by atoms with Crippen molar-refractivity contribution in [3.05, 3.63) is 33.8 Å². The summed E-state index contributed by atoms with van der Waals surface area (Å²) >= 11 is 3.59. The van der Waals surface area contributed by atoms with E-state index in [9.17, 15) is 4.79 Å². The Morgan fingerprint density at radius 3 is 2.37 bits per heavy atom. The number of carbonyl (C=O) groups excluding carboxylic acids is 1. The maximum atomic E-state index is 12.6. The van der Waals surface area contributed by atoms with Crippen molar-refractivity contribution in [2.75, 3.05) is 7.11 Å². The van der Waals surface area contributed by atoms with E-state index in [0.717, 1.165) is 28.0 Å². The predicted molar refractivity (Wildman–Crippen MR) is 118 cm³/mol. The average Bonchev–Trinajstić information content (AvgIpc) is 2.51. The number of carbonyl (C=O) groups is 1. The molecule has 0 radical (unpaired) electrons. The van der Waals surface area contributed by atoms with Gasteiger partial charge in [0.05, 0.1) is 11.6 Å². The zero-order valence-corrected chi connectivity index (χ0v) is 20.5. The van der Waals surface area contributed by atoms with E-state index in [0.29, 0.717) is 12.3 Å². The van der Waals surface area contributed by atoms with Crippen LogP contribution in [0.25, 0.3) is 0 Å². The van der Waals surface area contributed by atoms with E-state index in [-0.39, 0.29) is 16.7 Å². The van der Waals surface area contributed by atoms with Gasteiger partial charge < -0.3 is 9.16 Å². The molecule has 1 aromatic carbocycles. The standard InChI is InChI=1S/C22H33BrO3Si/c1-14-9-15(2)17(19(24)10-14)11-16-12-21(25-6)18(23)13-20(16)26-27(7,8)22(3,4)5/h10,12-13,15,17H,9,11H2,1-8H3/t15-,17+/m1/s1. The Morgan fingerprint density at radius 1 is 1.22 bits per heavy atom. The first-order chi connectivity index (χ1) is 12.4. The highest BCUT2D eigenvalue weighted by Crippen LogP contribution is 2.42. The topological polar surface area (TPSA) is 35.5 Å². The Morgan fingerprint density at radius 2 is 1.85 bits per heavy atom. The maximum Gasteiger partial charge on any atom is 0.250 e. The van der Waals surface area contributed by atoms with Gasteiger partial charge >= 0.3 is 0 Å². The second-order valence-corrected chi connectivity index (χ2v) is 14.9. The van der Waals surface area contributed by atoms with Gasteiger partial charge in [-0.3, -0.25) is 4.79 Å². The first-order valence-electron chi connectivity index (χ1n) is 9.62. The molecule has 0 saturated heterocycles. The number of ketones is 1. The molecule has 27 heavy (non-hydrogen) atoms. The van der Waals surface area contributed by atoms with Gasteiger partial charge in [0.2, 0.25) is 8.32 Å². The molecular weight excluding hydrogens is 420 g/mol. The van der Waals surface area contributed by atoms with Crippen LogP contribution < -0.4 is 9.16 Å². The van der Waals surface area contributed by atoms with Crippen LogP contribution in [-0.4, -0.2) is 21.2 Å². The van der Waals surface area contributed by atoms with Gasteiger partial charge in [-0.25, -0.2) is 0 Å². The van der Waals surface area contributed by atoms with Crippen molar-refractivity contribution in [2.45, 2.75) is 65.6 Å². The molecule has 0 heterocycles. The molecule has 3 nitrogen and oxygen atoms in total. The Kier molecular flexibility index (Phi) is 6.68.